The fraction of sp³-hybridized carbons (Fsp3) is 0.727. The molecular formula is C11H21N2S+. The van der Waals surface area contributed by atoms with Crippen LogP contribution in [-0.2, 0) is 12.4 Å². The first-order valence-electron chi connectivity index (χ1n) is 5.42. The molecule has 80 valence electrons. The standard InChI is InChI=1S/C11H21N2S/c1-4-6-12-7-8-13(11(12)3)10-14-9-5-2/h7-8H,4-6,9-10H2,1-3H3/q+1. The summed E-state index contributed by atoms with van der Waals surface area (Å²) in [6, 6.07) is 0. The Morgan fingerprint density at radius 3 is 2.79 bits per heavy atom. The van der Waals surface area contributed by atoms with Gasteiger partial charge in [0.15, 0.2) is 0 Å². The average molecular weight is 213 g/mol. The van der Waals surface area contributed by atoms with Crippen molar-refractivity contribution in [3.63, 3.8) is 0 Å². The first kappa shape index (κ1) is 11.6. The number of hydrogen-bond donors (Lipinski definition) is 0. The molecule has 1 aromatic heterocycles. The van der Waals surface area contributed by atoms with Crippen LogP contribution in [0.2, 0.25) is 0 Å². The molecule has 1 heterocycles. The maximum atomic E-state index is 2.33. The van der Waals surface area contributed by atoms with Crippen molar-refractivity contribution in [3.8, 4) is 0 Å². The van der Waals surface area contributed by atoms with Crippen molar-refractivity contribution in [2.75, 3.05) is 5.75 Å². The number of thioether (sulfide) groups is 1. The summed E-state index contributed by atoms with van der Waals surface area (Å²) in [6.07, 6.45) is 6.84. The van der Waals surface area contributed by atoms with Gasteiger partial charge >= 0.3 is 0 Å². The van der Waals surface area contributed by atoms with E-state index in [4.69, 9.17) is 0 Å². The molecule has 0 radical (unpaired) electrons. The molecule has 0 aliphatic rings. The van der Waals surface area contributed by atoms with Crippen LogP contribution in [0, 0.1) is 6.92 Å². The Bertz CT molecular complexity index is 268. The number of aromatic nitrogens is 2. The van der Waals surface area contributed by atoms with Crippen molar-refractivity contribution in [2.45, 2.75) is 46.0 Å². The van der Waals surface area contributed by atoms with Gasteiger partial charge in [-0.3, -0.25) is 0 Å². The highest BCUT2D eigenvalue weighted by Crippen LogP contribution is 2.03. The summed E-state index contributed by atoms with van der Waals surface area (Å²) in [5, 5.41) is 0. The van der Waals surface area contributed by atoms with Gasteiger partial charge in [0.05, 0.1) is 6.54 Å². The number of imidazole rings is 1. The van der Waals surface area contributed by atoms with E-state index in [9.17, 15) is 0 Å². The van der Waals surface area contributed by atoms with E-state index in [2.05, 4.69) is 42.3 Å². The monoisotopic (exact) mass is 213 g/mol. The molecule has 1 aromatic rings. The Hall–Kier alpha value is -0.440. The Balaban J connectivity index is 2.51. The predicted octanol–water partition coefficient (Wildman–Crippen LogP) is 2.59. The van der Waals surface area contributed by atoms with E-state index in [1.807, 2.05) is 11.8 Å². The van der Waals surface area contributed by atoms with E-state index in [1.54, 1.807) is 0 Å². The molecule has 0 amide bonds. The van der Waals surface area contributed by atoms with E-state index in [-0.39, 0.29) is 0 Å². The highest BCUT2D eigenvalue weighted by Gasteiger charge is 2.10. The predicted molar refractivity (Wildman–Crippen MR) is 62.4 cm³/mol. The van der Waals surface area contributed by atoms with Crippen LogP contribution in [0.15, 0.2) is 12.4 Å². The minimum Gasteiger partial charge on any atom is -0.234 e. The summed E-state index contributed by atoms with van der Waals surface area (Å²) in [5.74, 6) is 3.72. The second-order valence-corrected chi connectivity index (χ2v) is 4.62. The molecule has 0 saturated heterocycles. The summed E-state index contributed by atoms with van der Waals surface area (Å²) >= 11 is 2.00. The minimum atomic E-state index is 1.09. The molecule has 0 aliphatic heterocycles. The topological polar surface area (TPSA) is 8.81 Å². The molecule has 0 aliphatic carbocycles. The maximum absolute atomic E-state index is 2.33. The quantitative estimate of drug-likeness (QED) is 0.521. The van der Waals surface area contributed by atoms with E-state index in [0.717, 1.165) is 12.4 Å². The van der Waals surface area contributed by atoms with E-state index >= 15 is 0 Å². The normalized spacial score (nSPS) is 10.8. The lowest BCUT2D eigenvalue weighted by atomic mass is 10.5. The third kappa shape index (κ3) is 3.05. The average Bonchev–Trinajstić information content (AvgIpc) is 2.51. The van der Waals surface area contributed by atoms with Crippen LogP contribution >= 0.6 is 11.8 Å². The first-order valence-corrected chi connectivity index (χ1v) is 6.58. The van der Waals surface area contributed by atoms with Gasteiger partial charge in [0.1, 0.15) is 18.3 Å². The van der Waals surface area contributed by atoms with E-state index in [1.165, 1.54) is 24.4 Å². The zero-order valence-corrected chi connectivity index (χ0v) is 10.3. The van der Waals surface area contributed by atoms with Crippen LogP contribution in [-0.4, -0.2) is 10.3 Å². The van der Waals surface area contributed by atoms with Crippen LogP contribution in [0.3, 0.4) is 0 Å². The van der Waals surface area contributed by atoms with Crippen LogP contribution < -0.4 is 4.57 Å². The number of hydrogen-bond acceptors (Lipinski definition) is 1. The SMILES string of the molecule is CCCSC[n+]1ccn(CCC)c1C. The molecule has 3 heteroatoms. The Labute approximate surface area is 91.3 Å². The molecule has 0 saturated carbocycles. The Morgan fingerprint density at radius 2 is 2.14 bits per heavy atom. The third-order valence-electron chi connectivity index (χ3n) is 2.30. The summed E-state index contributed by atoms with van der Waals surface area (Å²) in [6.45, 7) is 7.78. The second kappa shape index (κ2) is 6.12. The fourth-order valence-corrected chi connectivity index (χ4v) is 2.35. The molecule has 0 N–H and O–H groups in total. The molecule has 0 atom stereocenters. The van der Waals surface area contributed by atoms with Gasteiger partial charge in [0.25, 0.3) is 5.82 Å². The number of aryl methyl sites for hydroxylation is 1. The number of nitrogens with zero attached hydrogens (tertiary/aromatic N) is 2. The Morgan fingerprint density at radius 1 is 1.36 bits per heavy atom. The van der Waals surface area contributed by atoms with Gasteiger partial charge < -0.3 is 0 Å². The summed E-state index contributed by atoms with van der Waals surface area (Å²) in [4.78, 5) is 0. The molecule has 2 nitrogen and oxygen atoms in total. The molecular weight excluding hydrogens is 192 g/mol. The summed E-state index contributed by atoms with van der Waals surface area (Å²) in [7, 11) is 0. The highest BCUT2D eigenvalue weighted by molar-refractivity contribution is 7.98. The van der Waals surface area contributed by atoms with Gasteiger partial charge in [-0.05, 0) is 18.6 Å². The molecule has 0 unspecified atom stereocenters. The molecule has 0 spiro atoms. The van der Waals surface area contributed by atoms with Crippen molar-refractivity contribution < 1.29 is 4.57 Å². The van der Waals surface area contributed by atoms with Crippen molar-refractivity contribution in [1.29, 1.82) is 0 Å². The second-order valence-electron chi connectivity index (χ2n) is 3.55. The van der Waals surface area contributed by atoms with Crippen LogP contribution in [0.5, 0.6) is 0 Å². The molecule has 14 heavy (non-hydrogen) atoms. The van der Waals surface area contributed by atoms with Gasteiger partial charge in [0, 0.05) is 6.92 Å². The smallest absolute Gasteiger partial charge is 0.234 e. The van der Waals surface area contributed by atoms with Gasteiger partial charge in [-0.2, -0.15) is 0 Å². The van der Waals surface area contributed by atoms with Crippen molar-refractivity contribution in [3.05, 3.63) is 18.2 Å². The Kier molecular flexibility index (Phi) is 5.09. The molecule has 0 bridgehead atoms. The first-order chi connectivity index (χ1) is 6.79. The summed E-state index contributed by atoms with van der Waals surface area (Å²) < 4.78 is 4.66. The van der Waals surface area contributed by atoms with Crippen molar-refractivity contribution in [2.24, 2.45) is 0 Å². The van der Waals surface area contributed by atoms with Gasteiger partial charge in [-0.15, -0.1) is 11.8 Å². The van der Waals surface area contributed by atoms with Gasteiger partial charge in [-0.1, -0.05) is 13.8 Å². The number of rotatable bonds is 6. The van der Waals surface area contributed by atoms with Gasteiger partial charge in [-0.25, -0.2) is 9.13 Å². The molecule has 0 aromatic carbocycles. The van der Waals surface area contributed by atoms with E-state index in [0.29, 0.717) is 0 Å². The highest BCUT2D eigenvalue weighted by atomic mass is 32.2. The minimum absolute atomic E-state index is 1.09. The lowest BCUT2D eigenvalue weighted by molar-refractivity contribution is -0.681. The molecule has 0 fully saturated rings. The van der Waals surface area contributed by atoms with Crippen LogP contribution in [0.4, 0.5) is 0 Å². The zero-order valence-electron chi connectivity index (χ0n) is 9.49. The summed E-state index contributed by atoms with van der Waals surface area (Å²) in [5.41, 5.74) is 0. The maximum Gasteiger partial charge on any atom is 0.253 e. The van der Waals surface area contributed by atoms with Crippen molar-refractivity contribution in [1.82, 2.24) is 4.57 Å². The fourth-order valence-electron chi connectivity index (χ4n) is 1.46. The third-order valence-corrected chi connectivity index (χ3v) is 3.46. The van der Waals surface area contributed by atoms with Crippen LogP contribution in [0.1, 0.15) is 32.5 Å². The lowest BCUT2D eigenvalue weighted by Crippen LogP contribution is -2.34. The zero-order chi connectivity index (χ0) is 10.4. The van der Waals surface area contributed by atoms with Crippen molar-refractivity contribution >= 4 is 11.8 Å². The van der Waals surface area contributed by atoms with E-state index < -0.39 is 0 Å². The molecule has 1 rings (SSSR count). The lowest BCUT2D eigenvalue weighted by Gasteiger charge is -1.99. The van der Waals surface area contributed by atoms with Crippen LogP contribution in [0.25, 0.3) is 0 Å². The van der Waals surface area contributed by atoms with Gasteiger partial charge in [0.2, 0.25) is 0 Å². The largest absolute Gasteiger partial charge is 0.253 e.